The number of aromatic nitrogens is 3. The molecular formula is C19H22N4O3. The minimum Gasteiger partial charge on any atom is -0.354 e. The summed E-state index contributed by atoms with van der Waals surface area (Å²) in [4.78, 5) is 29.9. The summed E-state index contributed by atoms with van der Waals surface area (Å²) in [5, 5.41) is 7.05. The van der Waals surface area contributed by atoms with Gasteiger partial charge in [-0.25, -0.2) is 0 Å². The molecule has 0 saturated heterocycles. The van der Waals surface area contributed by atoms with E-state index in [2.05, 4.69) is 15.5 Å². The molecule has 3 rings (SSSR count). The number of nitrogens with one attached hydrogen (secondary N) is 1. The smallest absolute Gasteiger partial charge is 0.267 e. The molecule has 1 N–H and O–H groups in total. The van der Waals surface area contributed by atoms with Crippen molar-refractivity contribution >= 4 is 17.0 Å². The highest BCUT2D eigenvalue weighted by Gasteiger charge is 2.24. The van der Waals surface area contributed by atoms with E-state index in [4.69, 9.17) is 4.52 Å². The molecule has 0 bridgehead atoms. The van der Waals surface area contributed by atoms with Crippen molar-refractivity contribution in [3.8, 4) is 0 Å². The number of hydrogen-bond donors (Lipinski definition) is 1. The van der Waals surface area contributed by atoms with Gasteiger partial charge in [0.05, 0.1) is 5.69 Å². The third-order valence-corrected chi connectivity index (χ3v) is 4.45. The van der Waals surface area contributed by atoms with Crippen LogP contribution in [0.25, 0.3) is 11.1 Å². The molecule has 2 aromatic heterocycles. The normalized spacial score (nSPS) is 12.3. The molecule has 136 valence electrons. The Balaban J connectivity index is 1.82. The summed E-state index contributed by atoms with van der Waals surface area (Å²) in [7, 11) is 0. The van der Waals surface area contributed by atoms with Gasteiger partial charge in [-0.15, -0.1) is 0 Å². The molecule has 1 amide bonds. The standard InChI is InChI=1S/C19H22N4O3/c1-4-15(17(24)20-11-10-14-8-6-5-7-9-14)23-13(3)21-18-16(19(23)25)12(2)22-26-18/h5-9,15H,4,10-11H2,1-3H3,(H,20,24). The van der Waals surface area contributed by atoms with Crippen molar-refractivity contribution in [1.82, 2.24) is 20.0 Å². The molecule has 0 spiro atoms. The van der Waals surface area contributed by atoms with Crippen molar-refractivity contribution in [3.63, 3.8) is 0 Å². The van der Waals surface area contributed by atoms with Gasteiger partial charge in [-0.05, 0) is 32.3 Å². The van der Waals surface area contributed by atoms with E-state index < -0.39 is 6.04 Å². The second-order valence-electron chi connectivity index (χ2n) is 6.23. The lowest BCUT2D eigenvalue weighted by atomic mass is 10.1. The molecule has 2 heterocycles. The molecule has 0 saturated carbocycles. The van der Waals surface area contributed by atoms with E-state index in [1.807, 2.05) is 37.3 Å². The summed E-state index contributed by atoms with van der Waals surface area (Å²) in [6, 6.07) is 9.31. The fourth-order valence-corrected chi connectivity index (χ4v) is 3.09. The van der Waals surface area contributed by atoms with Crippen LogP contribution in [0.5, 0.6) is 0 Å². The van der Waals surface area contributed by atoms with Gasteiger partial charge in [-0.3, -0.25) is 14.2 Å². The summed E-state index contributed by atoms with van der Waals surface area (Å²) in [5.74, 6) is 0.243. The maximum Gasteiger partial charge on any atom is 0.267 e. The number of carbonyl (C=O) groups excluding carboxylic acids is 1. The molecule has 0 aliphatic heterocycles. The number of amides is 1. The highest BCUT2D eigenvalue weighted by Crippen LogP contribution is 2.17. The Morgan fingerprint density at radius 1 is 1.27 bits per heavy atom. The van der Waals surface area contributed by atoms with Crippen LogP contribution in [0.15, 0.2) is 39.6 Å². The molecule has 0 aliphatic carbocycles. The zero-order valence-electron chi connectivity index (χ0n) is 15.2. The van der Waals surface area contributed by atoms with Gasteiger partial charge in [0.25, 0.3) is 11.3 Å². The fraction of sp³-hybridized carbons (Fsp3) is 0.368. The van der Waals surface area contributed by atoms with Crippen molar-refractivity contribution in [3.05, 3.63) is 57.8 Å². The molecule has 0 aliphatic rings. The first kappa shape index (κ1) is 17.8. The minimum atomic E-state index is -0.621. The molecule has 1 aromatic carbocycles. The Kier molecular flexibility index (Phi) is 5.16. The Morgan fingerprint density at radius 2 is 2.00 bits per heavy atom. The average molecular weight is 354 g/mol. The summed E-state index contributed by atoms with van der Waals surface area (Å²) in [5.41, 5.74) is 1.54. The van der Waals surface area contributed by atoms with Crippen molar-refractivity contribution in [2.75, 3.05) is 6.54 Å². The van der Waals surface area contributed by atoms with E-state index in [0.29, 0.717) is 29.9 Å². The van der Waals surface area contributed by atoms with E-state index >= 15 is 0 Å². The van der Waals surface area contributed by atoms with E-state index in [1.165, 1.54) is 4.57 Å². The van der Waals surface area contributed by atoms with E-state index in [0.717, 1.165) is 12.0 Å². The van der Waals surface area contributed by atoms with Crippen LogP contribution in [0.4, 0.5) is 0 Å². The quantitative estimate of drug-likeness (QED) is 0.734. The summed E-state index contributed by atoms with van der Waals surface area (Å²) < 4.78 is 6.51. The predicted octanol–water partition coefficient (Wildman–Crippen LogP) is 2.31. The minimum absolute atomic E-state index is 0.191. The number of fused-ring (bicyclic) bond motifs is 1. The first-order valence-corrected chi connectivity index (χ1v) is 8.69. The zero-order valence-corrected chi connectivity index (χ0v) is 15.2. The first-order valence-electron chi connectivity index (χ1n) is 8.69. The second kappa shape index (κ2) is 7.51. The van der Waals surface area contributed by atoms with Crippen molar-refractivity contribution in [2.45, 2.75) is 39.7 Å². The monoisotopic (exact) mass is 354 g/mol. The molecule has 7 nitrogen and oxygen atoms in total. The summed E-state index contributed by atoms with van der Waals surface area (Å²) >= 11 is 0. The lowest BCUT2D eigenvalue weighted by Crippen LogP contribution is -2.39. The molecule has 26 heavy (non-hydrogen) atoms. The van der Waals surface area contributed by atoms with Crippen LogP contribution in [0.3, 0.4) is 0 Å². The van der Waals surface area contributed by atoms with Gasteiger partial charge in [0.15, 0.2) is 0 Å². The molecule has 7 heteroatoms. The fourth-order valence-electron chi connectivity index (χ4n) is 3.09. The van der Waals surface area contributed by atoms with Crippen molar-refractivity contribution in [1.29, 1.82) is 0 Å². The maximum absolute atomic E-state index is 12.9. The van der Waals surface area contributed by atoms with Gasteiger partial charge in [0.1, 0.15) is 17.3 Å². The number of rotatable bonds is 6. The summed E-state index contributed by atoms with van der Waals surface area (Å²) in [6.45, 7) is 5.77. The van der Waals surface area contributed by atoms with Gasteiger partial charge in [-0.2, -0.15) is 4.98 Å². The van der Waals surface area contributed by atoms with Gasteiger partial charge in [0.2, 0.25) is 5.91 Å². The molecule has 0 radical (unpaired) electrons. The van der Waals surface area contributed by atoms with Gasteiger partial charge in [0, 0.05) is 6.54 Å². The third kappa shape index (κ3) is 3.37. The maximum atomic E-state index is 12.9. The first-order chi connectivity index (χ1) is 12.5. The Labute approximate surface area is 151 Å². The number of nitrogens with zero attached hydrogens (tertiary/aromatic N) is 3. The Morgan fingerprint density at radius 3 is 2.69 bits per heavy atom. The van der Waals surface area contributed by atoms with Crippen LogP contribution in [0.1, 0.15) is 36.5 Å². The SMILES string of the molecule is CCC(C(=O)NCCc1ccccc1)n1c(C)nc2onc(C)c2c1=O. The highest BCUT2D eigenvalue weighted by atomic mass is 16.5. The molecule has 0 fully saturated rings. The lowest BCUT2D eigenvalue weighted by Gasteiger charge is -2.19. The second-order valence-corrected chi connectivity index (χ2v) is 6.23. The Hall–Kier alpha value is -2.96. The van der Waals surface area contributed by atoms with Crippen LogP contribution < -0.4 is 10.9 Å². The largest absolute Gasteiger partial charge is 0.354 e. The number of carbonyl (C=O) groups is 1. The van der Waals surface area contributed by atoms with Crippen LogP contribution in [-0.2, 0) is 11.2 Å². The van der Waals surface area contributed by atoms with E-state index in [-0.39, 0.29) is 17.2 Å². The molecule has 1 unspecified atom stereocenters. The Bertz CT molecular complexity index is 976. The number of benzene rings is 1. The van der Waals surface area contributed by atoms with Gasteiger partial charge < -0.3 is 9.84 Å². The van der Waals surface area contributed by atoms with Crippen LogP contribution in [0.2, 0.25) is 0 Å². The van der Waals surface area contributed by atoms with Crippen molar-refractivity contribution < 1.29 is 9.32 Å². The van der Waals surface area contributed by atoms with Crippen LogP contribution >= 0.6 is 0 Å². The number of aryl methyl sites for hydroxylation is 2. The molecular weight excluding hydrogens is 332 g/mol. The predicted molar refractivity (Wildman–Crippen MR) is 98.0 cm³/mol. The van der Waals surface area contributed by atoms with Gasteiger partial charge in [-0.1, -0.05) is 42.4 Å². The molecule has 1 atom stereocenters. The third-order valence-electron chi connectivity index (χ3n) is 4.45. The van der Waals surface area contributed by atoms with E-state index in [9.17, 15) is 9.59 Å². The zero-order chi connectivity index (χ0) is 18.7. The van der Waals surface area contributed by atoms with Crippen molar-refractivity contribution in [2.24, 2.45) is 0 Å². The lowest BCUT2D eigenvalue weighted by molar-refractivity contribution is -0.124. The van der Waals surface area contributed by atoms with Crippen LogP contribution in [0, 0.1) is 13.8 Å². The van der Waals surface area contributed by atoms with E-state index in [1.54, 1.807) is 13.8 Å². The average Bonchev–Trinajstić information content (AvgIpc) is 3.00. The topological polar surface area (TPSA) is 90.0 Å². The van der Waals surface area contributed by atoms with Gasteiger partial charge >= 0.3 is 0 Å². The van der Waals surface area contributed by atoms with Crippen LogP contribution in [-0.4, -0.2) is 27.2 Å². The summed E-state index contributed by atoms with van der Waals surface area (Å²) in [6.07, 6.45) is 1.22. The highest BCUT2D eigenvalue weighted by molar-refractivity contribution is 5.81. The molecule has 3 aromatic rings. The number of hydrogen-bond acceptors (Lipinski definition) is 5.